The van der Waals surface area contributed by atoms with E-state index in [0.29, 0.717) is 0 Å². The standard InChI is InChI=1S/C15H18/c1-4-5-9-13-11-12-8-6-7-10-14(12)15(13,2)3/h4-8,10-11H,9H2,1-3H3/b5-4+. The smallest absolute Gasteiger partial charge is 0.0117 e. The molecule has 1 aliphatic rings. The third-order valence-electron chi connectivity index (χ3n) is 3.34. The molecule has 1 aromatic rings. The Hall–Kier alpha value is -1.30. The summed E-state index contributed by atoms with van der Waals surface area (Å²) in [7, 11) is 0. The molecule has 0 fully saturated rings. The lowest BCUT2D eigenvalue weighted by atomic mass is 9.80. The van der Waals surface area contributed by atoms with Crippen LogP contribution in [0.5, 0.6) is 0 Å². The molecule has 0 N–H and O–H groups in total. The number of hydrogen-bond donors (Lipinski definition) is 0. The van der Waals surface area contributed by atoms with Crippen molar-refractivity contribution < 1.29 is 0 Å². The maximum Gasteiger partial charge on any atom is 0.0117 e. The highest BCUT2D eigenvalue weighted by molar-refractivity contribution is 5.69. The summed E-state index contributed by atoms with van der Waals surface area (Å²) in [6, 6.07) is 8.70. The van der Waals surface area contributed by atoms with Crippen molar-refractivity contribution in [1.29, 1.82) is 0 Å². The highest BCUT2D eigenvalue weighted by Gasteiger charge is 2.31. The quantitative estimate of drug-likeness (QED) is 0.620. The van der Waals surface area contributed by atoms with Gasteiger partial charge in [-0.05, 0) is 24.5 Å². The van der Waals surface area contributed by atoms with Crippen molar-refractivity contribution in [2.45, 2.75) is 32.6 Å². The van der Waals surface area contributed by atoms with E-state index in [4.69, 9.17) is 0 Å². The Morgan fingerprint density at radius 3 is 2.60 bits per heavy atom. The lowest BCUT2D eigenvalue weighted by Gasteiger charge is -2.24. The predicted molar refractivity (Wildman–Crippen MR) is 66.9 cm³/mol. The molecule has 1 aromatic carbocycles. The van der Waals surface area contributed by atoms with Gasteiger partial charge in [-0.15, -0.1) is 0 Å². The molecule has 0 aromatic heterocycles. The molecule has 0 amide bonds. The highest BCUT2D eigenvalue weighted by Crippen LogP contribution is 2.42. The number of hydrogen-bond acceptors (Lipinski definition) is 0. The van der Waals surface area contributed by atoms with Crippen LogP contribution in [0.15, 0.2) is 42.0 Å². The van der Waals surface area contributed by atoms with Crippen molar-refractivity contribution >= 4 is 6.08 Å². The molecule has 15 heavy (non-hydrogen) atoms. The SMILES string of the molecule is C/C=C/CC1=Cc2ccccc2C1(C)C. The van der Waals surface area contributed by atoms with Crippen LogP contribution >= 0.6 is 0 Å². The molecule has 0 nitrogen and oxygen atoms in total. The van der Waals surface area contributed by atoms with Gasteiger partial charge >= 0.3 is 0 Å². The Labute approximate surface area is 92.3 Å². The second-order valence-electron chi connectivity index (χ2n) is 4.65. The third kappa shape index (κ3) is 1.65. The van der Waals surface area contributed by atoms with E-state index in [1.165, 1.54) is 16.7 Å². The second kappa shape index (κ2) is 3.69. The predicted octanol–water partition coefficient (Wildman–Crippen LogP) is 4.33. The van der Waals surface area contributed by atoms with Gasteiger partial charge in [-0.1, -0.05) is 61.9 Å². The maximum atomic E-state index is 2.34. The van der Waals surface area contributed by atoms with E-state index in [0.717, 1.165) is 6.42 Å². The molecular formula is C15H18. The van der Waals surface area contributed by atoms with Crippen molar-refractivity contribution in [1.82, 2.24) is 0 Å². The van der Waals surface area contributed by atoms with Crippen LogP contribution in [0.1, 0.15) is 38.3 Å². The minimum absolute atomic E-state index is 0.204. The van der Waals surface area contributed by atoms with Gasteiger partial charge in [-0.3, -0.25) is 0 Å². The molecule has 2 rings (SSSR count). The van der Waals surface area contributed by atoms with Gasteiger partial charge in [-0.2, -0.15) is 0 Å². The Morgan fingerprint density at radius 2 is 1.93 bits per heavy atom. The fourth-order valence-corrected chi connectivity index (χ4v) is 2.29. The van der Waals surface area contributed by atoms with Crippen LogP contribution in [0.25, 0.3) is 6.08 Å². The lowest BCUT2D eigenvalue weighted by molar-refractivity contribution is 0.626. The monoisotopic (exact) mass is 198 g/mol. The maximum absolute atomic E-state index is 2.34. The molecule has 0 radical (unpaired) electrons. The van der Waals surface area contributed by atoms with Crippen LogP contribution in [0.4, 0.5) is 0 Å². The summed E-state index contributed by atoms with van der Waals surface area (Å²) in [4.78, 5) is 0. The first-order valence-electron chi connectivity index (χ1n) is 5.58. The van der Waals surface area contributed by atoms with Gasteiger partial charge < -0.3 is 0 Å². The second-order valence-corrected chi connectivity index (χ2v) is 4.65. The molecule has 0 spiro atoms. The average Bonchev–Trinajstić information content (AvgIpc) is 2.48. The first-order chi connectivity index (χ1) is 7.16. The van der Waals surface area contributed by atoms with E-state index < -0.39 is 0 Å². The summed E-state index contributed by atoms with van der Waals surface area (Å²) in [5, 5.41) is 0. The molecule has 0 saturated carbocycles. The van der Waals surface area contributed by atoms with Crippen LogP contribution in [-0.4, -0.2) is 0 Å². The molecule has 0 heterocycles. The summed E-state index contributed by atoms with van der Waals surface area (Å²) < 4.78 is 0. The Kier molecular flexibility index (Phi) is 2.52. The topological polar surface area (TPSA) is 0 Å². The molecule has 0 unspecified atom stereocenters. The summed E-state index contributed by atoms with van der Waals surface area (Å²) in [6.45, 7) is 6.71. The number of allylic oxidation sites excluding steroid dienone is 3. The molecule has 0 atom stereocenters. The van der Waals surface area contributed by atoms with Crippen molar-refractivity contribution in [3.63, 3.8) is 0 Å². The van der Waals surface area contributed by atoms with Crippen molar-refractivity contribution in [2.75, 3.05) is 0 Å². The van der Waals surface area contributed by atoms with Crippen LogP contribution in [0.2, 0.25) is 0 Å². The van der Waals surface area contributed by atoms with Crippen LogP contribution in [-0.2, 0) is 5.41 Å². The minimum Gasteiger partial charge on any atom is -0.0913 e. The Balaban J connectivity index is 2.40. The van der Waals surface area contributed by atoms with Gasteiger partial charge in [0.15, 0.2) is 0 Å². The fourth-order valence-electron chi connectivity index (χ4n) is 2.29. The molecule has 0 aliphatic heterocycles. The van der Waals surface area contributed by atoms with E-state index in [2.05, 4.69) is 63.3 Å². The fraction of sp³-hybridized carbons (Fsp3) is 0.333. The molecule has 78 valence electrons. The summed E-state index contributed by atoms with van der Waals surface area (Å²) >= 11 is 0. The summed E-state index contributed by atoms with van der Waals surface area (Å²) in [6.07, 6.45) is 7.77. The van der Waals surface area contributed by atoms with E-state index in [9.17, 15) is 0 Å². The summed E-state index contributed by atoms with van der Waals surface area (Å²) in [5.74, 6) is 0. The number of fused-ring (bicyclic) bond motifs is 1. The van der Waals surface area contributed by atoms with Crippen LogP contribution in [0, 0.1) is 0 Å². The first kappa shape index (κ1) is 10.2. The molecule has 0 bridgehead atoms. The first-order valence-corrected chi connectivity index (χ1v) is 5.58. The van der Waals surface area contributed by atoms with Gasteiger partial charge in [0.1, 0.15) is 0 Å². The zero-order valence-corrected chi connectivity index (χ0v) is 9.75. The average molecular weight is 198 g/mol. The largest absolute Gasteiger partial charge is 0.0913 e. The minimum atomic E-state index is 0.204. The number of rotatable bonds is 2. The molecule has 0 saturated heterocycles. The Morgan fingerprint density at radius 1 is 1.20 bits per heavy atom. The van der Waals surface area contributed by atoms with Crippen molar-refractivity contribution in [2.24, 2.45) is 0 Å². The molecule has 1 aliphatic carbocycles. The zero-order chi connectivity index (χ0) is 10.9. The van der Waals surface area contributed by atoms with E-state index in [1.807, 2.05) is 0 Å². The molecular weight excluding hydrogens is 180 g/mol. The van der Waals surface area contributed by atoms with Gasteiger partial charge in [0, 0.05) is 5.41 Å². The van der Waals surface area contributed by atoms with E-state index in [1.54, 1.807) is 0 Å². The van der Waals surface area contributed by atoms with Crippen molar-refractivity contribution in [3.8, 4) is 0 Å². The third-order valence-corrected chi connectivity index (χ3v) is 3.34. The highest BCUT2D eigenvalue weighted by atomic mass is 14.3. The van der Waals surface area contributed by atoms with E-state index >= 15 is 0 Å². The van der Waals surface area contributed by atoms with E-state index in [-0.39, 0.29) is 5.41 Å². The van der Waals surface area contributed by atoms with Crippen molar-refractivity contribution in [3.05, 3.63) is 53.1 Å². The van der Waals surface area contributed by atoms with Gasteiger partial charge in [0.05, 0.1) is 0 Å². The van der Waals surface area contributed by atoms with Crippen LogP contribution < -0.4 is 0 Å². The van der Waals surface area contributed by atoms with Gasteiger partial charge in [-0.25, -0.2) is 0 Å². The Bertz CT molecular complexity index is 419. The number of benzene rings is 1. The summed E-state index contributed by atoms with van der Waals surface area (Å²) in [5.41, 5.74) is 4.57. The lowest BCUT2D eigenvalue weighted by Crippen LogP contribution is -2.16. The van der Waals surface area contributed by atoms with Gasteiger partial charge in [0.2, 0.25) is 0 Å². The zero-order valence-electron chi connectivity index (χ0n) is 9.75. The molecule has 0 heteroatoms. The normalized spacial score (nSPS) is 17.9. The van der Waals surface area contributed by atoms with Gasteiger partial charge in [0.25, 0.3) is 0 Å². The van der Waals surface area contributed by atoms with Crippen LogP contribution in [0.3, 0.4) is 0 Å².